The van der Waals surface area contributed by atoms with Gasteiger partial charge in [0.05, 0.1) is 18.0 Å². The van der Waals surface area contributed by atoms with Gasteiger partial charge in [-0.25, -0.2) is 0 Å². The predicted molar refractivity (Wildman–Crippen MR) is 183 cm³/mol. The number of phenols is 2. The van der Waals surface area contributed by atoms with Crippen molar-refractivity contribution in [1.29, 1.82) is 0 Å². The summed E-state index contributed by atoms with van der Waals surface area (Å²) in [4.78, 5) is 64.2. The van der Waals surface area contributed by atoms with Gasteiger partial charge in [0.25, 0.3) is 11.8 Å². The van der Waals surface area contributed by atoms with Crippen LogP contribution in [0.25, 0.3) is 0 Å². The van der Waals surface area contributed by atoms with Gasteiger partial charge in [-0.2, -0.15) is 0 Å². The lowest BCUT2D eigenvalue weighted by atomic mass is 9.59. The number of carbonyl (C=O) groups is 4. The third kappa shape index (κ3) is 7.04. The zero-order chi connectivity index (χ0) is 37.2. The maximum absolute atomic E-state index is 14.2. The largest absolute Gasteiger partial charge is 0.508 e. The average molecular weight is 709 g/mol. The van der Waals surface area contributed by atoms with Crippen LogP contribution in [0.5, 0.6) is 11.5 Å². The molecule has 2 heterocycles. The third-order valence-corrected chi connectivity index (χ3v) is 9.93. The molecule has 18 heteroatoms. The number of amides is 4. The number of fused-ring (bicyclic) bond motifs is 2. The Kier molecular flexibility index (Phi) is 10.3. The molecule has 15 N–H and O–H groups in total. The second-order valence-corrected chi connectivity index (χ2v) is 13.2. The Morgan fingerprint density at radius 2 is 1.31 bits per heavy atom. The normalized spacial score (nSPS) is 30.6. The second kappa shape index (κ2) is 14.3. The highest BCUT2D eigenvalue weighted by molar-refractivity contribution is 6.01. The molecule has 3 aliphatic rings. The van der Waals surface area contributed by atoms with Crippen LogP contribution in [-0.4, -0.2) is 110 Å². The minimum atomic E-state index is -2.84. The number of nitrogens with one attached hydrogen (secondary N) is 3. The van der Waals surface area contributed by atoms with Crippen LogP contribution < -0.4 is 38.9 Å². The van der Waals surface area contributed by atoms with Gasteiger partial charge >= 0.3 is 0 Å². The minimum absolute atomic E-state index is 0.00474. The van der Waals surface area contributed by atoms with Gasteiger partial charge in [-0.15, -0.1) is 0 Å². The number of guanidine groups is 2. The highest BCUT2D eigenvalue weighted by atomic mass is 16.4. The summed E-state index contributed by atoms with van der Waals surface area (Å²) in [6.07, 6.45) is -0.556. The molecule has 51 heavy (non-hydrogen) atoms. The maximum atomic E-state index is 14.2. The fraction of sp³-hybridized carbons (Fsp3) is 0.455. The van der Waals surface area contributed by atoms with E-state index in [0.29, 0.717) is 10.5 Å². The predicted octanol–water partition coefficient (Wildman–Crippen LogP) is -2.94. The van der Waals surface area contributed by atoms with Crippen molar-refractivity contribution in [3.63, 3.8) is 0 Å². The summed E-state index contributed by atoms with van der Waals surface area (Å²) in [7, 11) is 0. The molecule has 0 bridgehead atoms. The summed E-state index contributed by atoms with van der Waals surface area (Å²) in [5, 5.41) is 52.5. The number of benzene rings is 2. The summed E-state index contributed by atoms with van der Waals surface area (Å²) >= 11 is 0. The SMILES string of the molecule is C[C@H]1NC(=O)[C@]2(O)[C@@H](CCN=C(N)N)[C@](O)(CCCN=C(N)N)C(=O)N2CC(=O)N[C@@H]2[C@H](NC1=O)[C@@H](c1ccc(O)cc1)[C@H]2c1ccc(O)cc1. The molecule has 274 valence electrons. The molecule has 3 fully saturated rings. The van der Waals surface area contributed by atoms with E-state index >= 15 is 0 Å². The van der Waals surface area contributed by atoms with Crippen LogP contribution >= 0.6 is 0 Å². The summed E-state index contributed by atoms with van der Waals surface area (Å²) < 4.78 is 0. The number of hydrogen-bond acceptors (Lipinski definition) is 10. The summed E-state index contributed by atoms with van der Waals surface area (Å²) in [6.45, 7) is 0.331. The number of carbonyl (C=O) groups excluding carboxylic acids is 4. The van der Waals surface area contributed by atoms with Crippen molar-refractivity contribution >= 4 is 35.5 Å². The van der Waals surface area contributed by atoms with E-state index in [-0.39, 0.29) is 55.8 Å². The molecule has 2 aliphatic heterocycles. The zero-order valence-corrected chi connectivity index (χ0v) is 27.9. The Labute approximate surface area is 293 Å². The van der Waals surface area contributed by atoms with E-state index in [2.05, 4.69) is 25.9 Å². The fourth-order valence-corrected chi connectivity index (χ4v) is 7.49. The molecule has 2 aromatic rings. The second-order valence-electron chi connectivity index (χ2n) is 13.2. The van der Waals surface area contributed by atoms with Crippen LogP contribution in [0.15, 0.2) is 58.5 Å². The molecule has 0 spiro atoms. The molecule has 8 atom stereocenters. The summed E-state index contributed by atoms with van der Waals surface area (Å²) in [5.74, 6) is -6.76. The highest BCUT2D eigenvalue weighted by Gasteiger charge is 2.69. The average Bonchev–Trinajstić information content (AvgIpc) is 3.22. The molecule has 2 saturated heterocycles. The first-order chi connectivity index (χ1) is 24.1. The van der Waals surface area contributed by atoms with Gasteiger partial charge in [-0.3, -0.25) is 34.1 Å². The molecule has 18 nitrogen and oxygen atoms in total. The van der Waals surface area contributed by atoms with E-state index in [4.69, 9.17) is 22.9 Å². The van der Waals surface area contributed by atoms with Crippen LogP contribution in [0.4, 0.5) is 0 Å². The molecular formula is C33H44N10O8. The van der Waals surface area contributed by atoms with Crippen LogP contribution in [0.1, 0.15) is 49.1 Å². The van der Waals surface area contributed by atoms with Crippen molar-refractivity contribution in [3.8, 4) is 11.5 Å². The van der Waals surface area contributed by atoms with Crippen LogP contribution in [0.2, 0.25) is 0 Å². The van der Waals surface area contributed by atoms with E-state index in [1.807, 2.05) is 0 Å². The van der Waals surface area contributed by atoms with Crippen molar-refractivity contribution in [2.75, 3.05) is 19.6 Å². The van der Waals surface area contributed by atoms with Crippen LogP contribution in [0.3, 0.4) is 0 Å². The molecule has 0 radical (unpaired) electrons. The topological polar surface area (TPSA) is 317 Å². The molecule has 0 unspecified atom stereocenters. The summed E-state index contributed by atoms with van der Waals surface area (Å²) in [6, 6.07) is 9.94. The lowest BCUT2D eigenvalue weighted by molar-refractivity contribution is -0.175. The first-order valence-corrected chi connectivity index (χ1v) is 16.4. The third-order valence-electron chi connectivity index (χ3n) is 9.93. The van der Waals surface area contributed by atoms with Gasteiger partial charge in [-0.05, 0) is 61.6 Å². The van der Waals surface area contributed by atoms with Gasteiger partial charge in [0.2, 0.25) is 17.5 Å². The van der Waals surface area contributed by atoms with E-state index in [1.165, 1.54) is 31.2 Å². The first-order valence-electron chi connectivity index (χ1n) is 16.4. The van der Waals surface area contributed by atoms with Crippen molar-refractivity contribution in [2.45, 2.75) is 67.5 Å². The molecule has 1 saturated carbocycles. The zero-order valence-electron chi connectivity index (χ0n) is 27.9. The van der Waals surface area contributed by atoms with Gasteiger partial charge in [-0.1, -0.05) is 24.3 Å². The fourth-order valence-electron chi connectivity index (χ4n) is 7.49. The minimum Gasteiger partial charge on any atom is -0.508 e. The van der Waals surface area contributed by atoms with E-state index in [1.54, 1.807) is 24.3 Å². The van der Waals surface area contributed by atoms with Gasteiger partial charge < -0.3 is 59.3 Å². The number of aliphatic hydroxyl groups is 2. The van der Waals surface area contributed by atoms with E-state index < -0.39 is 77.4 Å². The lowest BCUT2D eigenvalue weighted by Crippen LogP contribution is -2.71. The Hall–Kier alpha value is -5.62. The number of nitrogens with zero attached hydrogens (tertiary/aromatic N) is 3. The van der Waals surface area contributed by atoms with Crippen molar-refractivity contribution < 1.29 is 39.6 Å². The van der Waals surface area contributed by atoms with Crippen molar-refractivity contribution in [3.05, 3.63) is 59.7 Å². The molecular weight excluding hydrogens is 664 g/mol. The Balaban J connectivity index is 1.56. The Bertz CT molecular complexity index is 1710. The monoisotopic (exact) mass is 708 g/mol. The molecule has 4 amide bonds. The number of hydrogen-bond donors (Lipinski definition) is 11. The quantitative estimate of drug-likeness (QED) is 0.0708. The summed E-state index contributed by atoms with van der Waals surface area (Å²) in [5.41, 5.74) is 18.0. The standard InChI is InChI=1S/C33H44N10O8/c1-16-27(47)42-26-24(18-5-9-20(45)10-6-18)23(17-3-7-19(44)8-4-17)25(26)41-22(46)15-43-29(49)32(50,12-2-13-38-30(34)35)21(11-14-39-31(36)37)33(43,51)28(48)40-16/h3-10,16,21,23-26,44-45,50-51H,2,11-15H2,1H3,(H,40,48)(H,41,46)(H,42,47)(H4,34,35,38)(H4,36,37,39)/t16-,21+,23-,24+,25+,26-,32-,33-/m1/s1. The number of nitrogens with two attached hydrogens (primary N) is 4. The van der Waals surface area contributed by atoms with E-state index in [0.717, 1.165) is 5.56 Å². The molecule has 5 rings (SSSR count). The van der Waals surface area contributed by atoms with Crippen LogP contribution in [0, 0.1) is 5.92 Å². The smallest absolute Gasteiger partial charge is 0.274 e. The van der Waals surface area contributed by atoms with E-state index in [9.17, 15) is 39.6 Å². The van der Waals surface area contributed by atoms with Gasteiger partial charge in [0, 0.05) is 24.9 Å². The Morgan fingerprint density at radius 1 is 0.804 bits per heavy atom. The van der Waals surface area contributed by atoms with Crippen molar-refractivity contribution in [2.24, 2.45) is 38.8 Å². The lowest BCUT2D eigenvalue weighted by Gasteiger charge is -2.53. The molecule has 2 aromatic carbocycles. The maximum Gasteiger partial charge on any atom is 0.274 e. The van der Waals surface area contributed by atoms with Gasteiger partial charge in [0.15, 0.2) is 17.5 Å². The van der Waals surface area contributed by atoms with Crippen LogP contribution in [-0.2, 0) is 19.2 Å². The number of aromatic hydroxyl groups is 2. The van der Waals surface area contributed by atoms with Gasteiger partial charge in [0.1, 0.15) is 24.1 Å². The van der Waals surface area contributed by atoms with Crippen molar-refractivity contribution in [1.82, 2.24) is 20.9 Å². The number of aliphatic imine (C=N–C) groups is 2. The molecule has 1 aliphatic carbocycles. The number of rotatable bonds is 9. The first kappa shape index (κ1) is 36.7. The number of phenolic OH excluding ortho intramolecular Hbond substituents is 2. The Morgan fingerprint density at radius 3 is 1.84 bits per heavy atom. The molecule has 0 aromatic heterocycles. The highest BCUT2D eigenvalue weighted by Crippen LogP contribution is 2.51.